The Balaban J connectivity index is 2.62. The molecule has 0 radical (unpaired) electrons. The van der Waals surface area contributed by atoms with Crippen molar-refractivity contribution in [2.24, 2.45) is 11.5 Å². The molecule has 0 bridgehead atoms. The Morgan fingerprint density at radius 2 is 1.89 bits per heavy atom. The Bertz CT molecular complexity index is 680. The fraction of sp³-hybridized carbons (Fsp3) is 0. The summed E-state index contributed by atoms with van der Waals surface area (Å²) in [5.74, 6) is -1.36. The Morgan fingerprint density at radius 1 is 1.21 bits per heavy atom. The van der Waals surface area contributed by atoms with Crippen LogP contribution < -0.4 is 17.2 Å². The number of nitrogens with two attached hydrogens (primary N) is 3. The Labute approximate surface area is 116 Å². The molecule has 0 fully saturated rings. The maximum Gasteiger partial charge on any atom is 0.271 e. The van der Waals surface area contributed by atoms with Crippen LogP contribution >= 0.6 is 15.9 Å². The third-order valence-electron chi connectivity index (χ3n) is 2.45. The SMILES string of the molecule is NC(=O)c1cc(Br)ccc1-n1cc(N)c(C(N)=O)n1. The first-order valence-corrected chi connectivity index (χ1v) is 5.94. The number of rotatable bonds is 3. The smallest absolute Gasteiger partial charge is 0.271 e. The molecule has 7 nitrogen and oxygen atoms in total. The van der Waals surface area contributed by atoms with Gasteiger partial charge in [-0.3, -0.25) is 9.59 Å². The molecule has 2 aromatic rings. The molecule has 8 heteroatoms. The molecule has 6 N–H and O–H groups in total. The van der Waals surface area contributed by atoms with Crippen molar-refractivity contribution in [2.45, 2.75) is 0 Å². The fourth-order valence-electron chi connectivity index (χ4n) is 1.61. The van der Waals surface area contributed by atoms with E-state index in [1.807, 2.05) is 0 Å². The number of carbonyl (C=O) groups excluding carboxylic acids is 2. The second kappa shape index (κ2) is 4.73. The van der Waals surface area contributed by atoms with Crippen LogP contribution in [0.25, 0.3) is 5.69 Å². The van der Waals surface area contributed by atoms with Crippen molar-refractivity contribution in [3.05, 3.63) is 40.1 Å². The molecule has 0 saturated heterocycles. The fourth-order valence-corrected chi connectivity index (χ4v) is 1.97. The van der Waals surface area contributed by atoms with Crippen LogP contribution in [0, 0.1) is 0 Å². The number of primary amides is 2. The molecule has 0 saturated carbocycles. The number of benzene rings is 1. The van der Waals surface area contributed by atoms with Gasteiger partial charge in [-0.25, -0.2) is 4.68 Å². The minimum absolute atomic E-state index is 0.0571. The number of hydrogen-bond donors (Lipinski definition) is 3. The van der Waals surface area contributed by atoms with Crippen LogP contribution in [0.1, 0.15) is 20.8 Å². The normalized spacial score (nSPS) is 10.4. The first kappa shape index (κ1) is 13.1. The van der Waals surface area contributed by atoms with E-state index in [1.165, 1.54) is 10.9 Å². The molecule has 0 aliphatic heterocycles. The predicted molar refractivity (Wildman–Crippen MR) is 72.7 cm³/mol. The van der Waals surface area contributed by atoms with Gasteiger partial charge in [0, 0.05) is 4.47 Å². The molecule has 0 aliphatic carbocycles. The van der Waals surface area contributed by atoms with Crippen LogP contribution in [0.5, 0.6) is 0 Å². The minimum atomic E-state index is -0.742. The van der Waals surface area contributed by atoms with E-state index >= 15 is 0 Å². The van der Waals surface area contributed by atoms with E-state index in [9.17, 15) is 9.59 Å². The molecular weight excluding hydrogens is 314 g/mol. The van der Waals surface area contributed by atoms with Gasteiger partial charge in [0.15, 0.2) is 5.69 Å². The molecule has 2 rings (SSSR count). The average Bonchev–Trinajstić information content (AvgIpc) is 2.71. The summed E-state index contributed by atoms with van der Waals surface area (Å²) in [6.45, 7) is 0. The summed E-state index contributed by atoms with van der Waals surface area (Å²) < 4.78 is 1.99. The Morgan fingerprint density at radius 3 is 2.42 bits per heavy atom. The predicted octanol–water partition coefficient (Wildman–Crippen LogP) is 0.415. The summed E-state index contributed by atoms with van der Waals surface area (Å²) in [4.78, 5) is 22.5. The van der Waals surface area contributed by atoms with Crippen molar-refractivity contribution in [1.82, 2.24) is 9.78 Å². The lowest BCUT2D eigenvalue weighted by Crippen LogP contribution is -2.16. The van der Waals surface area contributed by atoms with Gasteiger partial charge < -0.3 is 17.2 Å². The van der Waals surface area contributed by atoms with Crippen molar-refractivity contribution in [2.75, 3.05) is 5.73 Å². The quantitative estimate of drug-likeness (QED) is 0.755. The van der Waals surface area contributed by atoms with Gasteiger partial charge in [-0.1, -0.05) is 15.9 Å². The van der Waals surface area contributed by atoms with E-state index in [-0.39, 0.29) is 16.9 Å². The first-order chi connectivity index (χ1) is 8.90. The molecular formula is C11H10BrN5O2. The number of nitrogen functional groups attached to an aromatic ring is 1. The molecule has 1 aromatic carbocycles. The molecule has 19 heavy (non-hydrogen) atoms. The van der Waals surface area contributed by atoms with Gasteiger partial charge in [0.05, 0.1) is 23.1 Å². The Kier molecular flexibility index (Phi) is 3.26. The van der Waals surface area contributed by atoms with E-state index < -0.39 is 11.8 Å². The van der Waals surface area contributed by atoms with E-state index in [0.717, 1.165) is 0 Å². The zero-order chi connectivity index (χ0) is 14.2. The minimum Gasteiger partial charge on any atom is -0.396 e. The van der Waals surface area contributed by atoms with Crippen molar-refractivity contribution in [1.29, 1.82) is 0 Å². The summed E-state index contributed by atoms with van der Waals surface area (Å²) in [5, 5.41) is 3.95. The number of anilines is 1. The van der Waals surface area contributed by atoms with Crippen LogP contribution in [0.15, 0.2) is 28.9 Å². The highest BCUT2D eigenvalue weighted by Crippen LogP contribution is 2.21. The summed E-state index contributed by atoms with van der Waals surface area (Å²) in [5.41, 5.74) is 16.8. The highest BCUT2D eigenvalue weighted by atomic mass is 79.9. The van der Waals surface area contributed by atoms with E-state index in [0.29, 0.717) is 10.2 Å². The number of halogens is 1. The van der Waals surface area contributed by atoms with Crippen LogP contribution in [0.4, 0.5) is 5.69 Å². The highest BCUT2D eigenvalue weighted by molar-refractivity contribution is 9.10. The van der Waals surface area contributed by atoms with Gasteiger partial charge in [0.25, 0.3) is 11.8 Å². The first-order valence-electron chi connectivity index (χ1n) is 5.15. The monoisotopic (exact) mass is 323 g/mol. The lowest BCUT2D eigenvalue weighted by atomic mass is 10.1. The Hall–Kier alpha value is -2.35. The van der Waals surface area contributed by atoms with E-state index in [4.69, 9.17) is 17.2 Å². The number of nitrogens with zero attached hydrogens (tertiary/aromatic N) is 2. The summed E-state index contributed by atoms with van der Waals surface area (Å²) in [6, 6.07) is 4.89. The third-order valence-corrected chi connectivity index (χ3v) is 2.94. The maximum atomic E-state index is 11.4. The van der Waals surface area contributed by atoms with Crippen LogP contribution in [0.3, 0.4) is 0 Å². The summed E-state index contributed by atoms with van der Waals surface area (Å²) in [7, 11) is 0. The van der Waals surface area contributed by atoms with Crippen molar-refractivity contribution in [3.8, 4) is 5.69 Å². The number of carbonyl (C=O) groups is 2. The van der Waals surface area contributed by atoms with Crippen molar-refractivity contribution < 1.29 is 9.59 Å². The van der Waals surface area contributed by atoms with Gasteiger partial charge in [-0.05, 0) is 18.2 Å². The zero-order valence-electron chi connectivity index (χ0n) is 9.63. The van der Waals surface area contributed by atoms with Gasteiger partial charge in [-0.2, -0.15) is 5.10 Å². The second-order valence-electron chi connectivity index (χ2n) is 3.77. The second-order valence-corrected chi connectivity index (χ2v) is 4.68. The van der Waals surface area contributed by atoms with Gasteiger partial charge >= 0.3 is 0 Å². The third kappa shape index (κ3) is 2.43. The molecule has 1 heterocycles. The van der Waals surface area contributed by atoms with Crippen LogP contribution in [0.2, 0.25) is 0 Å². The summed E-state index contributed by atoms with van der Waals surface area (Å²) in [6.07, 6.45) is 1.40. The standard InChI is InChI=1S/C11H10BrN5O2/c12-5-1-2-8(6(3-5)10(14)18)17-4-7(13)9(16-17)11(15)19/h1-4H,13H2,(H2,14,18)(H2,15,19). The lowest BCUT2D eigenvalue weighted by Gasteiger charge is -2.06. The molecule has 98 valence electrons. The lowest BCUT2D eigenvalue weighted by molar-refractivity contribution is 0.0991. The summed E-state index contributed by atoms with van der Waals surface area (Å²) >= 11 is 3.24. The molecule has 0 spiro atoms. The van der Waals surface area contributed by atoms with Crippen molar-refractivity contribution in [3.63, 3.8) is 0 Å². The molecule has 0 atom stereocenters. The van der Waals surface area contributed by atoms with Gasteiger partial charge in [0.1, 0.15) is 0 Å². The highest BCUT2D eigenvalue weighted by Gasteiger charge is 2.16. The van der Waals surface area contributed by atoms with E-state index in [2.05, 4.69) is 21.0 Å². The topological polar surface area (TPSA) is 130 Å². The van der Waals surface area contributed by atoms with Gasteiger partial charge in [-0.15, -0.1) is 0 Å². The maximum absolute atomic E-state index is 11.4. The largest absolute Gasteiger partial charge is 0.396 e. The average molecular weight is 324 g/mol. The zero-order valence-corrected chi connectivity index (χ0v) is 11.2. The van der Waals surface area contributed by atoms with Crippen LogP contribution in [-0.4, -0.2) is 21.6 Å². The molecule has 0 aliphatic rings. The van der Waals surface area contributed by atoms with Crippen LogP contribution in [-0.2, 0) is 0 Å². The molecule has 2 amide bonds. The van der Waals surface area contributed by atoms with E-state index in [1.54, 1.807) is 18.2 Å². The molecule has 1 aromatic heterocycles. The number of amides is 2. The van der Waals surface area contributed by atoms with Gasteiger partial charge in [0.2, 0.25) is 0 Å². The van der Waals surface area contributed by atoms with Crippen molar-refractivity contribution >= 4 is 33.4 Å². The molecule has 0 unspecified atom stereocenters. The number of aromatic nitrogens is 2. The number of hydrogen-bond acceptors (Lipinski definition) is 4.